The maximum atomic E-state index is 13.7. The van der Waals surface area contributed by atoms with E-state index in [1.165, 1.54) is 18.9 Å². The molecule has 1 fully saturated rings. The molecule has 0 bridgehead atoms. The molecular formula is C15H23FN2O. The van der Waals surface area contributed by atoms with Crippen LogP contribution in [0.4, 0.5) is 4.39 Å². The number of nitrogens with one attached hydrogen (secondary N) is 1. The molecular weight excluding hydrogens is 243 g/mol. The van der Waals surface area contributed by atoms with E-state index < -0.39 is 0 Å². The first-order valence-electron chi connectivity index (χ1n) is 7.01. The predicted molar refractivity (Wildman–Crippen MR) is 74.9 cm³/mol. The van der Waals surface area contributed by atoms with Crippen LogP contribution in [0.15, 0.2) is 18.2 Å². The summed E-state index contributed by atoms with van der Waals surface area (Å²) in [5, 5.41) is 3.30. The van der Waals surface area contributed by atoms with Crippen LogP contribution in [0.5, 0.6) is 5.75 Å². The van der Waals surface area contributed by atoms with Crippen LogP contribution in [0.1, 0.15) is 25.3 Å². The minimum absolute atomic E-state index is 0.207. The van der Waals surface area contributed by atoms with Crippen molar-refractivity contribution in [3.05, 3.63) is 29.6 Å². The Bertz CT molecular complexity index is 407. The molecule has 4 heteroatoms. The van der Waals surface area contributed by atoms with Gasteiger partial charge in [0.1, 0.15) is 11.6 Å². The maximum Gasteiger partial charge on any atom is 0.131 e. The number of rotatable bonds is 8. The van der Waals surface area contributed by atoms with Crippen LogP contribution in [-0.4, -0.2) is 37.7 Å². The second-order valence-electron chi connectivity index (χ2n) is 4.99. The van der Waals surface area contributed by atoms with E-state index in [2.05, 4.69) is 17.1 Å². The van der Waals surface area contributed by atoms with Crippen LogP contribution in [0, 0.1) is 5.82 Å². The molecule has 19 heavy (non-hydrogen) atoms. The number of methoxy groups -OCH3 is 1. The Labute approximate surface area is 114 Å². The highest BCUT2D eigenvalue weighted by molar-refractivity contribution is 5.28. The van der Waals surface area contributed by atoms with Gasteiger partial charge in [-0.05, 0) is 25.5 Å². The summed E-state index contributed by atoms with van der Waals surface area (Å²) in [5.74, 6) is 0.355. The highest BCUT2D eigenvalue weighted by Gasteiger charge is 2.26. The molecule has 1 aromatic rings. The van der Waals surface area contributed by atoms with Crippen LogP contribution < -0.4 is 10.1 Å². The van der Waals surface area contributed by atoms with Gasteiger partial charge in [-0.3, -0.25) is 4.90 Å². The number of hydrogen-bond acceptors (Lipinski definition) is 3. The minimum atomic E-state index is -0.207. The van der Waals surface area contributed by atoms with E-state index in [1.54, 1.807) is 19.2 Å². The Morgan fingerprint density at radius 3 is 2.79 bits per heavy atom. The molecule has 1 aliphatic rings. The van der Waals surface area contributed by atoms with Crippen molar-refractivity contribution in [2.24, 2.45) is 0 Å². The van der Waals surface area contributed by atoms with Gasteiger partial charge in [-0.15, -0.1) is 0 Å². The molecule has 0 radical (unpaired) electrons. The molecule has 0 aromatic heterocycles. The number of ether oxygens (including phenoxy) is 1. The summed E-state index contributed by atoms with van der Waals surface area (Å²) in [6, 6.07) is 5.80. The van der Waals surface area contributed by atoms with Crippen LogP contribution >= 0.6 is 0 Å². The molecule has 1 aromatic carbocycles. The van der Waals surface area contributed by atoms with Crippen LogP contribution in [-0.2, 0) is 6.54 Å². The van der Waals surface area contributed by atoms with Gasteiger partial charge in [0.15, 0.2) is 0 Å². The largest absolute Gasteiger partial charge is 0.497 e. The fourth-order valence-electron chi connectivity index (χ4n) is 2.28. The zero-order valence-corrected chi connectivity index (χ0v) is 11.8. The Balaban J connectivity index is 1.73. The van der Waals surface area contributed by atoms with Crippen LogP contribution in [0.3, 0.4) is 0 Å². The smallest absolute Gasteiger partial charge is 0.131 e. The molecule has 0 unspecified atom stereocenters. The van der Waals surface area contributed by atoms with Crippen molar-refractivity contribution in [3.8, 4) is 5.75 Å². The van der Waals surface area contributed by atoms with E-state index in [-0.39, 0.29) is 5.82 Å². The normalized spacial score (nSPS) is 14.9. The lowest BCUT2D eigenvalue weighted by molar-refractivity contribution is 0.276. The van der Waals surface area contributed by atoms with Crippen molar-refractivity contribution in [1.29, 1.82) is 0 Å². The van der Waals surface area contributed by atoms with Crippen molar-refractivity contribution in [2.45, 2.75) is 32.4 Å². The lowest BCUT2D eigenvalue weighted by Crippen LogP contribution is -2.33. The third-order valence-corrected chi connectivity index (χ3v) is 3.62. The molecule has 0 spiro atoms. The minimum Gasteiger partial charge on any atom is -0.497 e. The molecule has 0 saturated heterocycles. The number of benzene rings is 1. The molecule has 1 N–H and O–H groups in total. The van der Waals surface area contributed by atoms with Gasteiger partial charge in [-0.25, -0.2) is 4.39 Å². The van der Waals surface area contributed by atoms with E-state index in [0.29, 0.717) is 17.9 Å². The monoisotopic (exact) mass is 266 g/mol. The summed E-state index contributed by atoms with van der Waals surface area (Å²) in [7, 11) is 1.55. The Morgan fingerprint density at radius 1 is 1.42 bits per heavy atom. The Kier molecular flexibility index (Phi) is 5.16. The first-order valence-corrected chi connectivity index (χ1v) is 7.01. The zero-order chi connectivity index (χ0) is 13.7. The molecule has 0 heterocycles. The van der Waals surface area contributed by atoms with Gasteiger partial charge in [0.05, 0.1) is 7.11 Å². The first-order chi connectivity index (χ1) is 9.24. The average Bonchev–Trinajstić information content (AvgIpc) is 3.24. The van der Waals surface area contributed by atoms with Gasteiger partial charge in [0, 0.05) is 37.3 Å². The summed E-state index contributed by atoms with van der Waals surface area (Å²) < 4.78 is 18.7. The Morgan fingerprint density at radius 2 is 2.21 bits per heavy atom. The van der Waals surface area contributed by atoms with Crippen LogP contribution in [0.25, 0.3) is 0 Å². The fraction of sp³-hybridized carbons (Fsp3) is 0.600. The fourth-order valence-corrected chi connectivity index (χ4v) is 2.28. The molecule has 3 nitrogen and oxygen atoms in total. The number of likely N-dealkylation sites (N-methyl/N-ethyl adjacent to an activating group) is 1. The molecule has 0 aliphatic heterocycles. The summed E-state index contributed by atoms with van der Waals surface area (Å²) in [5.41, 5.74) is 0.690. The molecule has 0 amide bonds. The summed E-state index contributed by atoms with van der Waals surface area (Å²) in [6.45, 7) is 5.80. The van der Waals surface area contributed by atoms with Crippen molar-refractivity contribution < 1.29 is 9.13 Å². The van der Waals surface area contributed by atoms with Gasteiger partial charge in [0.2, 0.25) is 0 Å². The number of hydrogen-bond donors (Lipinski definition) is 1. The quantitative estimate of drug-likeness (QED) is 0.731. The molecule has 106 valence electrons. The van der Waals surface area contributed by atoms with Gasteiger partial charge in [0.25, 0.3) is 0 Å². The molecule has 1 aliphatic carbocycles. The third-order valence-electron chi connectivity index (χ3n) is 3.62. The lowest BCUT2D eigenvalue weighted by atomic mass is 10.2. The zero-order valence-electron chi connectivity index (χ0n) is 11.8. The van der Waals surface area contributed by atoms with Gasteiger partial charge >= 0.3 is 0 Å². The van der Waals surface area contributed by atoms with E-state index in [0.717, 1.165) is 25.7 Å². The van der Waals surface area contributed by atoms with E-state index >= 15 is 0 Å². The van der Waals surface area contributed by atoms with Crippen molar-refractivity contribution in [1.82, 2.24) is 10.2 Å². The predicted octanol–water partition coefficient (Wildman–Crippen LogP) is 2.41. The maximum absolute atomic E-state index is 13.7. The number of halogens is 1. The molecule has 2 rings (SSSR count). The summed E-state index contributed by atoms with van der Waals surface area (Å²) in [4.78, 5) is 2.48. The third kappa shape index (κ3) is 4.18. The summed E-state index contributed by atoms with van der Waals surface area (Å²) in [6.07, 6.45) is 2.67. The van der Waals surface area contributed by atoms with Gasteiger partial charge in [-0.1, -0.05) is 13.0 Å². The van der Waals surface area contributed by atoms with Gasteiger partial charge in [-0.2, -0.15) is 0 Å². The molecule has 0 atom stereocenters. The standard InChI is InChI=1S/C15H23FN2O/c1-3-18(13-5-6-13)9-8-17-11-12-4-7-14(19-2)10-15(12)16/h4,7,10,13,17H,3,5-6,8-9,11H2,1-2H3. The Hall–Kier alpha value is -1.13. The first kappa shape index (κ1) is 14.3. The lowest BCUT2D eigenvalue weighted by Gasteiger charge is -2.19. The average molecular weight is 266 g/mol. The van der Waals surface area contributed by atoms with E-state index in [9.17, 15) is 4.39 Å². The highest BCUT2D eigenvalue weighted by atomic mass is 19.1. The molecule has 1 saturated carbocycles. The van der Waals surface area contributed by atoms with Crippen molar-refractivity contribution >= 4 is 0 Å². The second-order valence-corrected chi connectivity index (χ2v) is 4.99. The highest BCUT2D eigenvalue weighted by Crippen LogP contribution is 2.25. The second kappa shape index (κ2) is 6.87. The van der Waals surface area contributed by atoms with E-state index in [1.807, 2.05) is 0 Å². The van der Waals surface area contributed by atoms with Gasteiger partial charge < -0.3 is 10.1 Å². The number of nitrogens with zero attached hydrogens (tertiary/aromatic N) is 1. The van der Waals surface area contributed by atoms with Crippen molar-refractivity contribution in [3.63, 3.8) is 0 Å². The van der Waals surface area contributed by atoms with Crippen molar-refractivity contribution in [2.75, 3.05) is 26.7 Å². The summed E-state index contributed by atoms with van der Waals surface area (Å²) >= 11 is 0. The van der Waals surface area contributed by atoms with Crippen LogP contribution in [0.2, 0.25) is 0 Å². The van der Waals surface area contributed by atoms with E-state index in [4.69, 9.17) is 4.74 Å². The SMILES string of the molecule is CCN(CCNCc1ccc(OC)cc1F)C1CC1. The topological polar surface area (TPSA) is 24.5 Å².